The van der Waals surface area contributed by atoms with Crippen LogP contribution in [0.5, 0.6) is 0 Å². The van der Waals surface area contributed by atoms with Crippen LogP contribution in [-0.4, -0.2) is 95.6 Å². The van der Waals surface area contributed by atoms with Crippen molar-refractivity contribution in [2.75, 3.05) is 26.4 Å². The summed E-state index contributed by atoms with van der Waals surface area (Å²) in [6.07, 6.45) is -4.55. The summed E-state index contributed by atoms with van der Waals surface area (Å²) in [5, 5.41) is 38.4. The van der Waals surface area contributed by atoms with Gasteiger partial charge in [0.25, 0.3) is 0 Å². The molecule has 2 aliphatic heterocycles. The van der Waals surface area contributed by atoms with E-state index in [1.54, 1.807) is 0 Å². The van der Waals surface area contributed by atoms with Crippen molar-refractivity contribution >= 4 is 5.97 Å². The second-order valence-electron chi connectivity index (χ2n) is 6.26. The van der Waals surface area contributed by atoms with Crippen molar-refractivity contribution in [3.8, 4) is 0 Å². The normalized spacial score (nSPS) is 34.0. The lowest BCUT2D eigenvalue weighted by atomic mass is 10.1. The molecule has 0 aromatic rings. The van der Waals surface area contributed by atoms with Crippen molar-refractivity contribution in [1.82, 2.24) is 0 Å². The SMILES string of the molecule is CC(OC[C@@H](O)C1C[C@H](O)CO1)C(=O)OC[C@H](O)C1C[C@@H](O)CO1. The highest BCUT2D eigenvalue weighted by atomic mass is 16.6. The summed E-state index contributed by atoms with van der Waals surface area (Å²) in [6.45, 7) is 1.42. The van der Waals surface area contributed by atoms with E-state index in [9.17, 15) is 25.2 Å². The minimum Gasteiger partial charge on any atom is -0.461 e. The Kier molecular flexibility index (Phi) is 7.35. The van der Waals surface area contributed by atoms with Gasteiger partial charge in [-0.2, -0.15) is 0 Å². The van der Waals surface area contributed by atoms with Gasteiger partial charge in [-0.25, -0.2) is 4.79 Å². The highest BCUT2D eigenvalue weighted by molar-refractivity contribution is 5.74. The third-order valence-corrected chi connectivity index (χ3v) is 4.12. The maximum absolute atomic E-state index is 11.8. The number of aliphatic hydroxyl groups excluding tert-OH is 4. The van der Waals surface area contributed by atoms with Gasteiger partial charge >= 0.3 is 5.97 Å². The van der Waals surface area contributed by atoms with E-state index >= 15 is 0 Å². The number of aliphatic hydroxyl groups is 4. The molecule has 2 fully saturated rings. The fraction of sp³-hybridized carbons (Fsp3) is 0.933. The highest BCUT2D eigenvalue weighted by Gasteiger charge is 2.32. The van der Waals surface area contributed by atoms with E-state index in [2.05, 4.69) is 0 Å². The van der Waals surface area contributed by atoms with E-state index in [-0.39, 0.29) is 26.4 Å². The van der Waals surface area contributed by atoms with Crippen LogP contribution in [0.15, 0.2) is 0 Å². The van der Waals surface area contributed by atoms with Crippen molar-refractivity contribution in [2.45, 2.75) is 62.5 Å². The zero-order valence-corrected chi connectivity index (χ0v) is 13.6. The second-order valence-corrected chi connectivity index (χ2v) is 6.26. The summed E-state index contributed by atoms with van der Waals surface area (Å²) in [5.41, 5.74) is 0. The second kappa shape index (κ2) is 9.04. The molecule has 0 aliphatic carbocycles. The number of ether oxygens (including phenoxy) is 4. The molecule has 2 saturated heterocycles. The third-order valence-electron chi connectivity index (χ3n) is 4.12. The maximum Gasteiger partial charge on any atom is 0.335 e. The Balaban J connectivity index is 1.63. The van der Waals surface area contributed by atoms with E-state index in [1.807, 2.05) is 0 Å². The summed E-state index contributed by atoms with van der Waals surface area (Å²) < 4.78 is 20.6. The van der Waals surface area contributed by atoms with Gasteiger partial charge in [-0.15, -0.1) is 0 Å². The molecule has 3 unspecified atom stereocenters. The van der Waals surface area contributed by atoms with Crippen molar-refractivity contribution in [2.24, 2.45) is 0 Å². The van der Waals surface area contributed by atoms with Gasteiger partial charge in [-0.05, 0) is 6.92 Å². The molecule has 9 nitrogen and oxygen atoms in total. The quantitative estimate of drug-likeness (QED) is 0.365. The molecule has 0 saturated carbocycles. The summed E-state index contributed by atoms with van der Waals surface area (Å²) in [4.78, 5) is 11.8. The zero-order chi connectivity index (χ0) is 17.7. The number of carbonyl (C=O) groups excluding carboxylic acids is 1. The van der Waals surface area contributed by atoms with Gasteiger partial charge in [0.1, 0.15) is 18.8 Å². The summed E-state index contributed by atoms with van der Waals surface area (Å²) in [7, 11) is 0. The van der Waals surface area contributed by atoms with E-state index < -0.39 is 48.7 Å². The Hall–Kier alpha value is -0.810. The first-order valence-corrected chi connectivity index (χ1v) is 8.10. The fourth-order valence-electron chi connectivity index (χ4n) is 2.62. The average Bonchev–Trinajstić information content (AvgIpc) is 3.18. The lowest BCUT2D eigenvalue weighted by molar-refractivity contribution is -0.164. The molecule has 2 aliphatic rings. The Morgan fingerprint density at radius 1 is 1.04 bits per heavy atom. The largest absolute Gasteiger partial charge is 0.461 e. The van der Waals surface area contributed by atoms with E-state index in [4.69, 9.17) is 18.9 Å². The number of hydrogen-bond donors (Lipinski definition) is 4. The fourth-order valence-corrected chi connectivity index (χ4v) is 2.62. The molecular formula is C15H26O9. The highest BCUT2D eigenvalue weighted by Crippen LogP contribution is 2.18. The minimum atomic E-state index is -1.02. The molecule has 0 aromatic carbocycles. The van der Waals surface area contributed by atoms with Crippen LogP contribution in [0, 0.1) is 0 Å². The number of esters is 1. The molecule has 0 radical (unpaired) electrons. The topological polar surface area (TPSA) is 135 Å². The molecule has 2 rings (SSSR count). The smallest absolute Gasteiger partial charge is 0.335 e. The minimum absolute atomic E-state index is 0.131. The average molecular weight is 350 g/mol. The number of carbonyl (C=O) groups is 1. The van der Waals surface area contributed by atoms with Crippen LogP contribution < -0.4 is 0 Å². The van der Waals surface area contributed by atoms with Gasteiger partial charge in [0, 0.05) is 12.8 Å². The molecule has 9 heteroatoms. The predicted octanol–water partition coefficient (Wildman–Crippen LogP) is -2.04. The zero-order valence-electron chi connectivity index (χ0n) is 13.6. The Labute approximate surface area is 140 Å². The van der Waals surface area contributed by atoms with Gasteiger partial charge in [0.2, 0.25) is 0 Å². The monoisotopic (exact) mass is 350 g/mol. The van der Waals surface area contributed by atoms with Crippen molar-refractivity contribution in [3.05, 3.63) is 0 Å². The Morgan fingerprint density at radius 3 is 2.00 bits per heavy atom. The van der Waals surface area contributed by atoms with Crippen LogP contribution in [-0.2, 0) is 23.7 Å². The Morgan fingerprint density at radius 2 is 1.54 bits per heavy atom. The summed E-state index contributed by atoms with van der Waals surface area (Å²) in [5.74, 6) is -0.674. The first-order chi connectivity index (χ1) is 11.4. The predicted molar refractivity (Wildman–Crippen MR) is 79.1 cm³/mol. The lowest BCUT2D eigenvalue weighted by Gasteiger charge is -2.21. The van der Waals surface area contributed by atoms with Crippen LogP contribution in [0.4, 0.5) is 0 Å². The van der Waals surface area contributed by atoms with E-state index in [1.165, 1.54) is 6.92 Å². The molecule has 0 amide bonds. The van der Waals surface area contributed by atoms with Crippen LogP contribution in [0.25, 0.3) is 0 Å². The molecular weight excluding hydrogens is 324 g/mol. The van der Waals surface area contributed by atoms with Gasteiger partial charge in [-0.1, -0.05) is 0 Å². The van der Waals surface area contributed by atoms with E-state index in [0.29, 0.717) is 12.8 Å². The lowest BCUT2D eigenvalue weighted by Crippen LogP contribution is -2.36. The van der Waals surface area contributed by atoms with Crippen molar-refractivity contribution < 1.29 is 44.2 Å². The molecule has 140 valence electrons. The van der Waals surface area contributed by atoms with Gasteiger partial charge < -0.3 is 39.4 Å². The van der Waals surface area contributed by atoms with Gasteiger partial charge in [-0.3, -0.25) is 0 Å². The summed E-state index contributed by atoms with van der Waals surface area (Å²) >= 11 is 0. The molecule has 2 heterocycles. The molecule has 4 N–H and O–H groups in total. The van der Waals surface area contributed by atoms with Gasteiger partial charge in [0.15, 0.2) is 6.10 Å². The molecule has 0 spiro atoms. The molecule has 7 atom stereocenters. The summed E-state index contributed by atoms with van der Waals surface area (Å²) in [6, 6.07) is 0. The number of rotatable bonds is 8. The molecule has 24 heavy (non-hydrogen) atoms. The number of hydrogen-bond acceptors (Lipinski definition) is 9. The third kappa shape index (κ3) is 5.62. The molecule has 0 aromatic heterocycles. The Bertz CT molecular complexity index is 404. The first-order valence-electron chi connectivity index (χ1n) is 8.10. The van der Waals surface area contributed by atoms with Crippen LogP contribution in [0.3, 0.4) is 0 Å². The van der Waals surface area contributed by atoms with Gasteiger partial charge in [0.05, 0.1) is 44.2 Å². The van der Waals surface area contributed by atoms with E-state index in [0.717, 1.165) is 0 Å². The molecule has 0 bridgehead atoms. The van der Waals surface area contributed by atoms with Crippen molar-refractivity contribution in [3.63, 3.8) is 0 Å². The van der Waals surface area contributed by atoms with Crippen LogP contribution in [0.2, 0.25) is 0 Å². The standard InChI is InChI=1S/C15H26O9/c1-8(21-6-11(18)13-2-9(16)4-22-13)15(20)24-7-12(19)14-3-10(17)5-23-14/h8-14,16-19H,2-7H2,1H3/t8?,9-,10+,11+,12-,13?,14?/m0/s1. The maximum atomic E-state index is 11.8. The van der Waals surface area contributed by atoms with Crippen molar-refractivity contribution in [1.29, 1.82) is 0 Å². The van der Waals surface area contributed by atoms with Crippen LogP contribution >= 0.6 is 0 Å². The van der Waals surface area contributed by atoms with Crippen LogP contribution in [0.1, 0.15) is 19.8 Å². The first kappa shape index (κ1) is 19.5.